The third-order valence-electron chi connectivity index (χ3n) is 5.72. The van der Waals surface area contributed by atoms with Crippen LogP contribution in [0.25, 0.3) is 23.1 Å². The molecule has 0 aliphatic rings. The first kappa shape index (κ1) is 21.8. The second-order valence-corrected chi connectivity index (χ2v) is 8.92. The van der Waals surface area contributed by atoms with E-state index < -0.39 is 0 Å². The van der Waals surface area contributed by atoms with Gasteiger partial charge in [-0.05, 0) is 79.6 Å². The molecule has 3 aromatic carbocycles. The summed E-state index contributed by atoms with van der Waals surface area (Å²) in [4.78, 5) is 4.63. The lowest BCUT2D eigenvalue weighted by Crippen LogP contribution is -2.30. The van der Waals surface area contributed by atoms with Gasteiger partial charge in [0.2, 0.25) is 0 Å². The summed E-state index contributed by atoms with van der Waals surface area (Å²) in [5.41, 5.74) is 12.7. The lowest BCUT2D eigenvalue weighted by molar-refractivity contribution is 0.476. The standard InChI is InChI=1S/C29H30N2O/c1-29(2,30)27-12-4-3-10-23(27)11-6-9-21-7-5-8-22(19-21)13-16-25-17-14-24-15-18-26(32)20-28(24)31-25/h3-5,7-8,10,12-20,32H,6,9,11,30H2,1-2H3/b16-13+. The first-order valence-electron chi connectivity index (χ1n) is 11.1. The molecule has 162 valence electrons. The minimum absolute atomic E-state index is 0.233. The fourth-order valence-electron chi connectivity index (χ4n) is 4.10. The van der Waals surface area contributed by atoms with E-state index in [1.54, 1.807) is 12.1 Å². The molecule has 1 aromatic heterocycles. The highest BCUT2D eigenvalue weighted by molar-refractivity contribution is 5.82. The first-order valence-corrected chi connectivity index (χ1v) is 11.1. The Bertz CT molecular complexity index is 1250. The molecule has 3 heteroatoms. The molecule has 4 aromatic rings. The van der Waals surface area contributed by atoms with Gasteiger partial charge in [0, 0.05) is 17.0 Å². The molecule has 0 amide bonds. The molecule has 0 saturated heterocycles. The highest BCUT2D eigenvalue weighted by Gasteiger charge is 2.17. The third-order valence-corrected chi connectivity index (χ3v) is 5.72. The van der Waals surface area contributed by atoms with E-state index in [9.17, 15) is 5.11 Å². The van der Waals surface area contributed by atoms with Gasteiger partial charge in [-0.1, -0.05) is 60.7 Å². The number of pyridine rings is 1. The molecule has 0 saturated carbocycles. The maximum Gasteiger partial charge on any atom is 0.117 e. The topological polar surface area (TPSA) is 59.1 Å². The van der Waals surface area contributed by atoms with Gasteiger partial charge in [-0.25, -0.2) is 4.98 Å². The Hall–Kier alpha value is -3.43. The van der Waals surface area contributed by atoms with Crippen molar-refractivity contribution in [2.75, 3.05) is 0 Å². The molecule has 0 aliphatic carbocycles. The van der Waals surface area contributed by atoms with Crippen molar-refractivity contribution in [1.82, 2.24) is 4.98 Å². The van der Waals surface area contributed by atoms with Crippen LogP contribution >= 0.6 is 0 Å². The summed E-state index contributed by atoms with van der Waals surface area (Å²) in [6.07, 6.45) is 7.23. The minimum Gasteiger partial charge on any atom is -0.508 e. The summed E-state index contributed by atoms with van der Waals surface area (Å²) < 4.78 is 0. The molecule has 0 fully saturated rings. The van der Waals surface area contributed by atoms with Gasteiger partial charge in [-0.3, -0.25) is 0 Å². The Balaban J connectivity index is 1.42. The molecule has 32 heavy (non-hydrogen) atoms. The van der Waals surface area contributed by atoms with Crippen molar-refractivity contribution >= 4 is 23.1 Å². The van der Waals surface area contributed by atoms with Crippen molar-refractivity contribution in [1.29, 1.82) is 0 Å². The van der Waals surface area contributed by atoms with Crippen LogP contribution in [0.3, 0.4) is 0 Å². The van der Waals surface area contributed by atoms with Gasteiger partial charge < -0.3 is 10.8 Å². The Morgan fingerprint density at radius 2 is 1.69 bits per heavy atom. The van der Waals surface area contributed by atoms with E-state index in [0.717, 1.165) is 41.4 Å². The zero-order valence-corrected chi connectivity index (χ0v) is 18.8. The summed E-state index contributed by atoms with van der Waals surface area (Å²) in [7, 11) is 0. The van der Waals surface area contributed by atoms with Gasteiger partial charge in [0.25, 0.3) is 0 Å². The number of aromatic nitrogens is 1. The maximum atomic E-state index is 9.69. The van der Waals surface area contributed by atoms with Crippen LogP contribution in [0.4, 0.5) is 0 Å². The second kappa shape index (κ2) is 9.37. The fourth-order valence-corrected chi connectivity index (χ4v) is 4.10. The monoisotopic (exact) mass is 422 g/mol. The molecule has 0 aliphatic heterocycles. The molecule has 0 spiro atoms. The molecular formula is C29H30N2O. The largest absolute Gasteiger partial charge is 0.508 e. The van der Waals surface area contributed by atoms with Gasteiger partial charge >= 0.3 is 0 Å². The zero-order chi connectivity index (χ0) is 22.6. The predicted molar refractivity (Wildman–Crippen MR) is 134 cm³/mol. The van der Waals surface area contributed by atoms with Crippen molar-refractivity contribution in [2.24, 2.45) is 5.73 Å². The van der Waals surface area contributed by atoms with E-state index in [2.05, 4.69) is 73.4 Å². The van der Waals surface area contributed by atoms with E-state index in [1.165, 1.54) is 16.7 Å². The average Bonchev–Trinajstić information content (AvgIpc) is 2.77. The number of nitrogens with zero attached hydrogens (tertiary/aromatic N) is 1. The van der Waals surface area contributed by atoms with Gasteiger partial charge in [-0.15, -0.1) is 0 Å². The van der Waals surface area contributed by atoms with E-state index in [4.69, 9.17) is 5.73 Å². The Labute approximate surface area is 190 Å². The minimum atomic E-state index is -0.323. The van der Waals surface area contributed by atoms with Crippen LogP contribution in [0.5, 0.6) is 5.75 Å². The Morgan fingerprint density at radius 1 is 0.875 bits per heavy atom. The first-order chi connectivity index (χ1) is 15.4. The van der Waals surface area contributed by atoms with Gasteiger partial charge in [0.15, 0.2) is 0 Å². The van der Waals surface area contributed by atoms with Gasteiger partial charge in [-0.2, -0.15) is 0 Å². The van der Waals surface area contributed by atoms with Crippen molar-refractivity contribution < 1.29 is 5.11 Å². The number of phenolic OH excluding ortho intramolecular Hbond substituents is 1. The molecular weight excluding hydrogens is 392 g/mol. The number of aryl methyl sites for hydroxylation is 2. The maximum absolute atomic E-state index is 9.69. The SMILES string of the molecule is CC(C)(N)c1ccccc1CCCc1cccc(/C=C/c2ccc3ccc(O)cc3n2)c1. The van der Waals surface area contributed by atoms with Crippen molar-refractivity contribution in [2.45, 2.75) is 38.6 Å². The number of nitrogens with two attached hydrogens (primary N) is 1. The lowest BCUT2D eigenvalue weighted by atomic mass is 9.88. The van der Waals surface area contributed by atoms with Crippen LogP contribution < -0.4 is 5.73 Å². The summed E-state index contributed by atoms with van der Waals surface area (Å²) in [5, 5.41) is 10.7. The van der Waals surface area contributed by atoms with Gasteiger partial charge in [0.05, 0.1) is 11.2 Å². The number of rotatable bonds is 7. The van der Waals surface area contributed by atoms with E-state index in [-0.39, 0.29) is 11.3 Å². The van der Waals surface area contributed by atoms with Crippen molar-refractivity contribution in [3.05, 3.63) is 107 Å². The second-order valence-electron chi connectivity index (χ2n) is 8.92. The number of hydrogen-bond acceptors (Lipinski definition) is 3. The highest BCUT2D eigenvalue weighted by atomic mass is 16.3. The Morgan fingerprint density at radius 3 is 2.53 bits per heavy atom. The fraction of sp³-hybridized carbons (Fsp3) is 0.207. The summed E-state index contributed by atoms with van der Waals surface area (Å²) in [6.45, 7) is 4.13. The quantitative estimate of drug-likeness (QED) is 0.358. The van der Waals surface area contributed by atoms with Crippen LogP contribution in [0.1, 0.15) is 48.2 Å². The van der Waals surface area contributed by atoms with Crippen LogP contribution in [0.2, 0.25) is 0 Å². The molecule has 0 atom stereocenters. The third kappa shape index (κ3) is 5.43. The molecule has 0 unspecified atom stereocenters. The predicted octanol–water partition coefficient (Wildman–Crippen LogP) is 6.48. The number of hydrogen-bond donors (Lipinski definition) is 2. The van der Waals surface area contributed by atoms with E-state index >= 15 is 0 Å². The van der Waals surface area contributed by atoms with Crippen molar-refractivity contribution in [3.63, 3.8) is 0 Å². The molecule has 0 bridgehead atoms. The van der Waals surface area contributed by atoms with E-state index in [0.29, 0.717) is 0 Å². The summed E-state index contributed by atoms with van der Waals surface area (Å²) >= 11 is 0. The number of phenols is 1. The zero-order valence-electron chi connectivity index (χ0n) is 18.8. The van der Waals surface area contributed by atoms with Crippen LogP contribution in [0, 0.1) is 0 Å². The molecule has 3 nitrogen and oxygen atoms in total. The van der Waals surface area contributed by atoms with Gasteiger partial charge in [0.1, 0.15) is 5.75 Å². The average molecular weight is 423 g/mol. The van der Waals surface area contributed by atoms with Crippen molar-refractivity contribution in [3.8, 4) is 5.75 Å². The molecule has 3 N–H and O–H groups in total. The van der Waals surface area contributed by atoms with Crippen LogP contribution in [-0.4, -0.2) is 10.1 Å². The van der Waals surface area contributed by atoms with Crippen LogP contribution in [-0.2, 0) is 18.4 Å². The Kier molecular flexibility index (Phi) is 6.38. The summed E-state index contributed by atoms with van der Waals surface area (Å²) in [5.74, 6) is 0.233. The van der Waals surface area contributed by atoms with E-state index in [1.807, 2.05) is 24.3 Å². The highest BCUT2D eigenvalue weighted by Crippen LogP contribution is 2.23. The summed E-state index contributed by atoms with van der Waals surface area (Å²) in [6, 6.07) is 26.4. The number of aromatic hydroxyl groups is 1. The molecule has 1 heterocycles. The molecule has 4 rings (SSSR count). The lowest BCUT2D eigenvalue weighted by Gasteiger charge is -2.23. The smallest absolute Gasteiger partial charge is 0.117 e. The molecule has 0 radical (unpaired) electrons. The van der Waals surface area contributed by atoms with Crippen LogP contribution in [0.15, 0.2) is 78.9 Å². The number of fused-ring (bicyclic) bond motifs is 1. The normalized spacial score (nSPS) is 12.0. The number of benzene rings is 3.